The van der Waals surface area contributed by atoms with E-state index in [1.54, 1.807) is 0 Å². The van der Waals surface area contributed by atoms with Gasteiger partial charge < -0.3 is 4.57 Å². The van der Waals surface area contributed by atoms with Crippen LogP contribution < -0.4 is 0 Å². The Kier molecular flexibility index (Phi) is 1.99. The molecule has 1 aromatic rings. The zero-order chi connectivity index (χ0) is 10.7. The molecule has 3 aliphatic carbocycles. The molecule has 0 amide bonds. The zero-order valence-corrected chi connectivity index (χ0v) is 10.9. The van der Waals surface area contributed by atoms with Gasteiger partial charge in [-0.05, 0) is 43.9 Å². The largest absolute Gasteiger partial charge is 0.311 e. The molecule has 4 heteroatoms. The molecule has 0 aromatic carbocycles. The third kappa shape index (κ3) is 1.38. The summed E-state index contributed by atoms with van der Waals surface area (Å²) in [5, 5.41) is 9.66. The van der Waals surface area contributed by atoms with E-state index >= 15 is 0 Å². The second-order valence-corrected chi connectivity index (χ2v) is 6.19. The molecule has 2 atom stereocenters. The highest BCUT2D eigenvalue weighted by Crippen LogP contribution is 2.57. The minimum Gasteiger partial charge on any atom is -0.311 e. The molecule has 3 fully saturated rings. The van der Waals surface area contributed by atoms with Gasteiger partial charge in [0.2, 0.25) is 0 Å². The Labute approximate surface area is 104 Å². The Morgan fingerprint density at radius 2 is 1.88 bits per heavy atom. The number of hydrogen-bond acceptors (Lipinski definition) is 2. The number of alkyl halides is 1. The predicted octanol–water partition coefficient (Wildman–Crippen LogP) is 3.02. The molecular formula is C12H16BrN3. The first-order chi connectivity index (χ1) is 7.86. The van der Waals surface area contributed by atoms with Crippen molar-refractivity contribution in [1.29, 1.82) is 0 Å². The standard InChI is InChI=1S/C12H16BrN3/c13-6-11-14-15-12(16(11)10-1-2-10)9-4-7-3-8(7)5-9/h7-10H,1-6H2. The van der Waals surface area contributed by atoms with Crippen molar-refractivity contribution in [2.75, 3.05) is 0 Å². The Hall–Kier alpha value is -0.380. The summed E-state index contributed by atoms with van der Waals surface area (Å²) in [4.78, 5) is 0. The van der Waals surface area contributed by atoms with Crippen LogP contribution in [-0.2, 0) is 5.33 Å². The van der Waals surface area contributed by atoms with Crippen LogP contribution >= 0.6 is 15.9 Å². The topological polar surface area (TPSA) is 30.7 Å². The summed E-state index contributed by atoms with van der Waals surface area (Å²) in [6.07, 6.45) is 6.88. The Bertz CT molecular complexity index is 414. The number of halogens is 1. The first-order valence-corrected chi connectivity index (χ1v) is 7.48. The molecule has 1 aromatic heterocycles. The molecule has 0 spiro atoms. The molecule has 3 aliphatic rings. The minimum absolute atomic E-state index is 0.713. The van der Waals surface area contributed by atoms with Crippen LogP contribution in [0.4, 0.5) is 0 Å². The third-order valence-electron chi connectivity index (χ3n) is 4.43. The SMILES string of the molecule is BrCc1nnc(C2CC3CC3C2)n1C1CC1. The first-order valence-electron chi connectivity index (χ1n) is 6.36. The lowest BCUT2D eigenvalue weighted by molar-refractivity contribution is 0.540. The van der Waals surface area contributed by atoms with E-state index in [1.807, 2.05) is 0 Å². The molecule has 2 unspecified atom stereocenters. The van der Waals surface area contributed by atoms with Crippen LogP contribution in [0.25, 0.3) is 0 Å². The summed E-state index contributed by atoms with van der Waals surface area (Å²) in [7, 11) is 0. The summed E-state index contributed by atoms with van der Waals surface area (Å²) in [6, 6.07) is 0.717. The summed E-state index contributed by atoms with van der Waals surface area (Å²) < 4.78 is 2.43. The molecule has 0 N–H and O–H groups in total. The smallest absolute Gasteiger partial charge is 0.143 e. The van der Waals surface area contributed by atoms with Crippen molar-refractivity contribution in [2.24, 2.45) is 11.8 Å². The fourth-order valence-corrected chi connectivity index (χ4v) is 3.75. The molecule has 0 radical (unpaired) electrons. The maximum atomic E-state index is 4.47. The normalized spacial score (nSPS) is 36.4. The van der Waals surface area contributed by atoms with Crippen molar-refractivity contribution < 1.29 is 0 Å². The molecule has 1 heterocycles. The third-order valence-corrected chi connectivity index (χ3v) is 4.93. The lowest BCUT2D eigenvalue weighted by Crippen LogP contribution is -2.09. The van der Waals surface area contributed by atoms with E-state index in [0.29, 0.717) is 5.92 Å². The van der Waals surface area contributed by atoms with Crippen LogP contribution in [0.2, 0.25) is 0 Å². The second-order valence-electron chi connectivity index (χ2n) is 5.63. The number of fused-ring (bicyclic) bond motifs is 1. The highest BCUT2D eigenvalue weighted by molar-refractivity contribution is 9.08. The maximum Gasteiger partial charge on any atom is 0.143 e. The summed E-state index contributed by atoms with van der Waals surface area (Å²) >= 11 is 3.52. The van der Waals surface area contributed by atoms with Crippen LogP contribution in [0.5, 0.6) is 0 Å². The van der Waals surface area contributed by atoms with Gasteiger partial charge in [-0.1, -0.05) is 15.9 Å². The molecule has 86 valence electrons. The van der Waals surface area contributed by atoms with E-state index in [-0.39, 0.29) is 0 Å². The number of nitrogens with zero attached hydrogens (tertiary/aromatic N) is 3. The summed E-state index contributed by atoms with van der Waals surface area (Å²) in [6.45, 7) is 0. The monoisotopic (exact) mass is 281 g/mol. The average molecular weight is 282 g/mol. The molecule has 16 heavy (non-hydrogen) atoms. The maximum absolute atomic E-state index is 4.47. The zero-order valence-electron chi connectivity index (χ0n) is 9.27. The van der Waals surface area contributed by atoms with Gasteiger partial charge in [0.25, 0.3) is 0 Å². The van der Waals surface area contributed by atoms with E-state index < -0.39 is 0 Å². The molecule has 0 saturated heterocycles. The van der Waals surface area contributed by atoms with Gasteiger partial charge in [-0.3, -0.25) is 0 Å². The van der Waals surface area contributed by atoms with Gasteiger partial charge in [0.05, 0.1) is 5.33 Å². The number of hydrogen-bond donors (Lipinski definition) is 0. The van der Waals surface area contributed by atoms with Gasteiger partial charge in [0, 0.05) is 12.0 Å². The molecular weight excluding hydrogens is 266 g/mol. The number of aromatic nitrogens is 3. The van der Waals surface area contributed by atoms with Gasteiger partial charge in [-0.15, -0.1) is 10.2 Å². The van der Waals surface area contributed by atoms with Crippen LogP contribution in [0.15, 0.2) is 0 Å². The summed E-state index contributed by atoms with van der Waals surface area (Å²) in [5.41, 5.74) is 0. The molecule has 4 rings (SSSR count). The fourth-order valence-electron chi connectivity index (χ4n) is 3.36. The Morgan fingerprint density at radius 3 is 2.50 bits per heavy atom. The van der Waals surface area contributed by atoms with Crippen LogP contribution in [0.1, 0.15) is 55.7 Å². The summed E-state index contributed by atoms with van der Waals surface area (Å²) in [5.74, 6) is 5.20. The van der Waals surface area contributed by atoms with Crippen molar-refractivity contribution in [3.05, 3.63) is 11.6 Å². The molecule has 0 aliphatic heterocycles. The van der Waals surface area contributed by atoms with Gasteiger partial charge in [-0.2, -0.15) is 0 Å². The van der Waals surface area contributed by atoms with Gasteiger partial charge >= 0.3 is 0 Å². The van der Waals surface area contributed by atoms with Crippen LogP contribution in [-0.4, -0.2) is 14.8 Å². The van der Waals surface area contributed by atoms with E-state index in [0.717, 1.165) is 29.0 Å². The molecule has 0 bridgehead atoms. The molecule has 3 nitrogen and oxygen atoms in total. The van der Waals surface area contributed by atoms with Crippen LogP contribution in [0, 0.1) is 11.8 Å². The van der Waals surface area contributed by atoms with Gasteiger partial charge in [0.1, 0.15) is 11.6 Å². The fraction of sp³-hybridized carbons (Fsp3) is 0.833. The van der Waals surface area contributed by atoms with Crippen LogP contribution in [0.3, 0.4) is 0 Å². The van der Waals surface area contributed by atoms with E-state index in [4.69, 9.17) is 0 Å². The van der Waals surface area contributed by atoms with Gasteiger partial charge in [-0.25, -0.2) is 0 Å². The number of rotatable bonds is 3. The van der Waals surface area contributed by atoms with Crippen molar-refractivity contribution in [3.63, 3.8) is 0 Å². The highest BCUT2D eigenvalue weighted by Gasteiger charge is 2.48. The quantitative estimate of drug-likeness (QED) is 0.798. The average Bonchev–Trinajstić information content (AvgIpc) is 3.20. The highest BCUT2D eigenvalue weighted by atomic mass is 79.9. The van der Waals surface area contributed by atoms with E-state index in [9.17, 15) is 0 Å². The lowest BCUT2D eigenvalue weighted by atomic mass is 10.0. The Balaban J connectivity index is 1.68. The second kappa shape index (κ2) is 3.31. The minimum atomic E-state index is 0.713. The van der Waals surface area contributed by atoms with Crippen molar-refractivity contribution >= 4 is 15.9 Å². The van der Waals surface area contributed by atoms with E-state index in [1.165, 1.54) is 37.9 Å². The molecule has 3 saturated carbocycles. The lowest BCUT2D eigenvalue weighted by Gasteiger charge is -2.14. The first kappa shape index (κ1) is 9.63. The Morgan fingerprint density at radius 1 is 1.12 bits per heavy atom. The van der Waals surface area contributed by atoms with Crippen molar-refractivity contribution in [1.82, 2.24) is 14.8 Å². The van der Waals surface area contributed by atoms with Crippen molar-refractivity contribution in [2.45, 2.75) is 49.4 Å². The van der Waals surface area contributed by atoms with Gasteiger partial charge in [0.15, 0.2) is 0 Å². The van der Waals surface area contributed by atoms with E-state index in [2.05, 4.69) is 30.7 Å². The predicted molar refractivity (Wildman–Crippen MR) is 64.5 cm³/mol. The van der Waals surface area contributed by atoms with Crippen molar-refractivity contribution in [3.8, 4) is 0 Å².